The van der Waals surface area contributed by atoms with Gasteiger partial charge in [-0.05, 0) is 19.9 Å². The van der Waals surface area contributed by atoms with E-state index < -0.39 is 0 Å². The lowest BCUT2D eigenvalue weighted by Crippen LogP contribution is -2.28. The average molecular weight is 301 g/mol. The fourth-order valence-corrected chi connectivity index (χ4v) is 4.79. The molecule has 0 aliphatic carbocycles. The van der Waals surface area contributed by atoms with Crippen molar-refractivity contribution >= 4 is 23.5 Å². The van der Waals surface area contributed by atoms with Crippen LogP contribution in [0.3, 0.4) is 0 Å². The van der Waals surface area contributed by atoms with Crippen molar-refractivity contribution in [1.82, 2.24) is 15.5 Å². The van der Waals surface area contributed by atoms with Gasteiger partial charge in [0.05, 0.1) is 5.25 Å². The monoisotopic (exact) mass is 301 g/mol. The Morgan fingerprint density at radius 2 is 2.21 bits per heavy atom. The van der Waals surface area contributed by atoms with E-state index in [1.54, 1.807) is 0 Å². The summed E-state index contributed by atoms with van der Waals surface area (Å²) >= 11 is 3.95. The quantitative estimate of drug-likeness (QED) is 0.872. The molecule has 1 aliphatic rings. The van der Waals surface area contributed by atoms with Crippen LogP contribution in [0.15, 0.2) is 4.52 Å². The summed E-state index contributed by atoms with van der Waals surface area (Å²) in [4.78, 5) is 4.58. The predicted octanol–water partition coefficient (Wildman–Crippen LogP) is 2.91. The maximum absolute atomic E-state index is 5.39. The third-order valence-corrected chi connectivity index (χ3v) is 6.24. The van der Waals surface area contributed by atoms with E-state index in [9.17, 15) is 0 Å². The minimum Gasteiger partial charge on any atom is -0.339 e. The molecule has 2 rings (SSSR count). The summed E-state index contributed by atoms with van der Waals surface area (Å²) in [5, 5.41) is 8.57. The van der Waals surface area contributed by atoms with E-state index in [0.717, 1.165) is 31.1 Å². The molecule has 1 aromatic rings. The molecule has 6 heteroatoms. The Labute approximate surface area is 123 Å². The Morgan fingerprint density at radius 3 is 2.95 bits per heavy atom. The number of hydrogen-bond acceptors (Lipinski definition) is 6. The third kappa shape index (κ3) is 4.39. The van der Waals surface area contributed by atoms with Gasteiger partial charge in [-0.25, -0.2) is 0 Å². The van der Waals surface area contributed by atoms with Crippen LogP contribution in [0, 0.1) is 0 Å². The van der Waals surface area contributed by atoms with Gasteiger partial charge in [0, 0.05) is 29.2 Å². The molecule has 2 heterocycles. The highest BCUT2D eigenvalue weighted by Gasteiger charge is 2.28. The molecule has 3 atom stereocenters. The highest BCUT2D eigenvalue weighted by molar-refractivity contribution is 8.06. The molecule has 1 fully saturated rings. The summed E-state index contributed by atoms with van der Waals surface area (Å²) in [5.74, 6) is 4.04. The molecular weight excluding hydrogens is 278 g/mol. The molecule has 0 aromatic carbocycles. The minimum absolute atomic E-state index is 0.384. The fourth-order valence-electron chi connectivity index (χ4n) is 2.11. The molecule has 4 nitrogen and oxygen atoms in total. The maximum Gasteiger partial charge on any atom is 0.228 e. The first-order valence-electron chi connectivity index (χ1n) is 6.99. The van der Waals surface area contributed by atoms with Crippen LogP contribution < -0.4 is 5.32 Å². The summed E-state index contributed by atoms with van der Waals surface area (Å²) in [7, 11) is 0. The summed E-state index contributed by atoms with van der Waals surface area (Å²) in [6.07, 6.45) is 1.96. The number of hydrogen-bond donors (Lipinski definition) is 1. The van der Waals surface area contributed by atoms with E-state index in [2.05, 4.69) is 36.2 Å². The van der Waals surface area contributed by atoms with Crippen molar-refractivity contribution in [3.63, 3.8) is 0 Å². The van der Waals surface area contributed by atoms with Gasteiger partial charge in [-0.1, -0.05) is 19.0 Å². The van der Waals surface area contributed by atoms with Crippen molar-refractivity contribution in [3.05, 3.63) is 11.7 Å². The Hall–Kier alpha value is -0.200. The average Bonchev–Trinajstić information content (AvgIpc) is 2.85. The van der Waals surface area contributed by atoms with Crippen LogP contribution in [-0.4, -0.2) is 39.5 Å². The standard InChI is InChI=1S/C13H23N3OS2/c1-4-5-14-9(2)8-11-15-13(16-17-11)12-10(3)18-6-7-19-12/h9-10,12,14H,4-8H2,1-3H3. The van der Waals surface area contributed by atoms with Crippen molar-refractivity contribution in [2.75, 3.05) is 18.1 Å². The second-order valence-corrected chi connectivity index (χ2v) is 7.71. The van der Waals surface area contributed by atoms with E-state index in [4.69, 9.17) is 4.52 Å². The fraction of sp³-hybridized carbons (Fsp3) is 0.846. The Bertz CT molecular complexity index is 386. The van der Waals surface area contributed by atoms with E-state index in [-0.39, 0.29) is 0 Å². The van der Waals surface area contributed by atoms with Crippen molar-refractivity contribution in [1.29, 1.82) is 0 Å². The number of rotatable bonds is 6. The van der Waals surface area contributed by atoms with E-state index in [1.807, 2.05) is 23.5 Å². The highest BCUT2D eigenvalue weighted by atomic mass is 32.2. The molecular formula is C13H23N3OS2. The number of aromatic nitrogens is 2. The molecule has 0 amide bonds. The van der Waals surface area contributed by atoms with Gasteiger partial charge in [-0.15, -0.1) is 11.8 Å². The molecule has 0 spiro atoms. The zero-order valence-corrected chi connectivity index (χ0v) is 13.5. The molecule has 0 bridgehead atoms. The molecule has 0 saturated carbocycles. The van der Waals surface area contributed by atoms with Crippen LogP contribution in [0.1, 0.15) is 44.2 Å². The molecule has 19 heavy (non-hydrogen) atoms. The molecule has 3 unspecified atom stereocenters. The first-order chi connectivity index (χ1) is 9.20. The maximum atomic E-state index is 5.39. The van der Waals surface area contributed by atoms with Gasteiger partial charge in [0.2, 0.25) is 5.89 Å². The Balaban J connectivity index is 1.91. The van der Waals surface area contributed by atoms with Crippen LogP contribution in [0.4, 0.5) is 0 Å². The number of thioether (sulfide) groups is 2. The van der Waals surface area contributed by atoms with Gasteiger partial charge in [-0.2, -0.15) is 16.7 Å². The van der Waals surface area contributed by atoms with Crippen LogP contribution in [-0.2, 0) is 6.42 Å². The zero-order valence-electron chi connectivity index (χ0n) is 11.9. The topological polar surface area (TPSA) is 51.0 Å². The van der Waals surface area contributed by atoms with E-state index in [1.165, 1.54) is 11.5 Å². The molecule has 1 saturated heterocycles. The van der Waals surface area contributed by atoms with Crippen LogP contribution in [0.5, 0.6) is 0 Å². The second-order valence-electron chi connectivity index (χ2n) is 4.97. The minimum atomic E-state index is 0.384. The van der Waals surface area contributed by atoms with Gasteiger partial charge in [-0.3, -0.25) is 0 Å². The smallest absolute Gasteiger partial charge is 0.228 e. The first-order valence-corrected chi connectivity index (χ1v) is 9.09. The number of nitrogens with zero attached hydrogens (tertiary/aromatic N) is 2. The van der Waals surface area contributed by atoms with Crippen molar-refractivity contribution in [2.24, 2.45) is 0 Å². The van der Waals surface area contributed by atoms with Crippen LogP contribution in [0.2, 0.25) is 0 Å². The van der Waals surface area contributed by atoms with Gasteiger partial charge in [0.15, 0.2) is 5.82 Å². The predicted molar refractivity (Wildman–Crippen MR) is 82.9 cm³/mol. The normalized spacial score (nSPS) is 25.4. The zero-order chi connectivity index (χ0) is 13.7. The van der Waals surface area contributed by atoms with Gasteiger partial charge >= 0.3 is 0 Å². The lowest BCUT2D eigenvalue weighted by Gasteiger charge is -2.24. The summed E-state index contributed by atoms with van der Waals surface area (Å²) < 4.78 is 5.39. The second kappa shape index (κ2) is 7.55. The SMILES string of the molecule is CCCNC(C)Cc1nc(C2SCCSC2C)no1. The Kier molecular flexibility index (Phi) is 6.04. The summed E-state index contributed by atoms with van der Waals surface area (Å²) in [6.45, 7) is 7.62. The van der Waals surface area contributed by atoms with Gasteiger partial charge < -0.3 is 9.84 Å². The van der Waals surface area contributed by atoms with E-state index >= 15 is 0 Å². The highest BCUT2D eigenvalue weighted by Crippen LogP contribution is 2.41. The lowest BCUT2D eigenvalue weighted by molar-refractivity contribution is 0.357. The van der Waals surface area contributed by atoms with Crippen molar-refractivity contribution in [2.45, 2.75) is 50.2 Å². The Morgan fingerprint density at radius 1 is 1.42 bits per heavy atom. The van der Waals surface area contributed by atoms with Crippen molar-refractivity contribution < 1.29 is 4.52 Å². The van der Waals surface area contributed by atoms with Crippen LogP contribution in [0.25, 0.3) is 0 Å². The summed E-state index contributed by atoms with van der Waals surface area (Å²) in [6, 6.07) is 0.388. The lowest BCUT2D eigenvalue weighted by atomic mass is 10.2. The van der Waals surface area contributed by atoms with E-state index in [0.29, 0.717) is 16.5 Å². The van der Waals surface area contributed by atoms with Gasteiger partial charge in [0.25, 0.3) is 0 Å². The van der Waals surface area contributed by atoms with Crippen molar-refractivity contribution in [3.8, 4) is 0 Å². The molecule has 1 aliphatic heterocycles. The first kappa shape index (κ1) is 15.2. The molecule has 108 valence electrons. The molecule has 1 N–H and O–H groups in total. The third-order valence-electron chi connectivity index (χ3n) is 3.15. The summed E-state index contributed by atoms with van der Waals surface area (Å²) in [5.41, 5.74) is 0. The largest absolute Gasteiger partial charge is 0.339 e. The number of nitrogens with one attached hydrogen (secondary N) is 1. The molecule has 1 aromatic heterocycles. The van der Waals surface area contributed by atoms with Crippen LogP contribution >= 0.6 is 23.5 Å². The van der Waals surface area contributed by atoms with Gasteiger partial charge in [0.1, 0.15) is 0 Å². The molecule has 0 radical (unpaired) electrons.